The van der Waals surface area contributed by atoms with E-state index in [1.165, 1.54) is 11.2 Å². The van der Waals surface area contributed by atoms with Gasteiger partial charge in [0, 0.05) is 17.5 Å². The van der Waals surface area contributed by atoms with Crippen LogP contribution in [0.15, 0.2) is 70.7 Å². The molecule has 1 atom stereocenters. The van der Waals surface area contributed by atoms with Crippen LogP contribution in [-0.2, 0) is 17.9 Å². The number of hydrogen-bond acceptors (Lipinski definition) is 9. The number of fused-ring (bicyclic) bond motifs is 1. The first-order chi connectivity index (χ1) is 17.6. The van der Waals surface area contributed by atoms with E-state index in [1.54, 1.807) is 36.8 Å². The molecule has 11 heteroatoms. The smallest absolute Gasteiger partial charge is 0.276 e. The van der Waals surface area contributed by atoms with Crippen molar-refractivity contribution in [2.75, 3.05) is 13.9 Å². The van der Waals surface area contributed by atoms with Crippen LogP contribution < -0.4 is 19.5 Å². The Morgan fingerprint density at radius 3 is 2.78 bits per heavy atom. The third-order valence-corrected chi connectivity index (χ3v) is 6.15. The van der Waals surface area contributed by atoms with Crippen LogP contribution in [0.4, 0.5) is 0 Å². The van der Waals surface area contributed by atoms with Crippen molar-refractivity contribution >= 4 is 23.3 Å². The number of amides is 2. The number of ether oxygens (including phenoxy) is 3. The van der Waals surface area contributed by atoms with Gasteiger partial charge >= 0.3 is 0 Å². The first-order valence-corrected chi connectivity index (χ1v) is 11.9. The topological polar surface area (TPSA) is 116 Å². The SMILES string of the molecule is COc1ccccc1CN(C(=O)c1csnn1)C(C(=O)NCc1ccc2c(c1)OCO2)c1ccco1. The summed E-state index contributed by atoms with van der Waals surface area (Å²) < 4.78 is 25.7. The molecule has 0 bridgehead atoms. The molecule has 0 fully saturated rings. The van der Waals surface area contributed by atoms with Crippen LogP contribution in [0.5, 0.6) is 17.2 Å². The predicted octanol–water partition coefficient (Wildman–Crippen LogP) is 3.57. The van der Waals surface area contributed by atoms with Crippen molar-refractivity contribution in [3.63, 3.8) is 0 Å². The molecule has 0 saturated carbocycles. The van der Waals surface area contributed by atoms with Gasteiger partial charge in [-0.1, -0.05) is 28.8 Å². The minimum atomic E-state index is -1.08. The highest BCUT2D eigenvalue weighted by Gasteiger charge is 2.35. The fraction of sp³-hybridized carbons (Fsp3) is 0.200. The van der Waals surface area contributed by atoms with Gasteiger partial charge in [0.15, 0.2) is 23.2 Å². The third kappa shape index (κ3) is 4.86. The van der Waals surface area contributed by atoms with Crippen LogP contribution in [0.25, 0.3) is 0 Å². The van der Waals surface area contributed by atoms with Crippen LogP contribution in [0.2, 0.25) is 0 Å². The molecule has 0 radical (unpaired) electrons. The number of carbonyl (C=O) groups excluding carboxylic acids is 2. The molecule has 184 valence electrons. The summed E-state index contributed by atoms with van der Waals surface area (Å²) in [6, 6.07) is 15.0. The van der Waals surface area contributed by atoms with Crippen LogP contribution in [0, 0.1) is 0 Å². The van der Waals surface area contributed by atoms with E-state index in [1.807, 2.05) is 30.3 Å². The first kappa shape index (κ1) is 23.4. The molecule has 2 amide bonds. The molecule has 1 aliphatic rings. The second-order valence-corrected chi connectivity index (χ2v) is 8.47. The number of benzene rings is 2. The average molecular weight is 507 g/mol. The number of hydrogen-bond donors (Lipinski definition) is 1. The Hall–Kier alpha value is -4.38. The van der Waals surface area contributed by atoms with Gasteiger partial charge < -0.3 is 28.8 Å². The van der Waals surface area contributed by atoms with Gasteiger partial charge in [-0.15, -0.1) is 5.10 Å². The van der Waals surface area contributed by atoms with E-state index in [0.29, 0.717) is 23.0 Å². The summed E-state index contributed by atoms with van der Waals surface area (Å²) in [5, 5.41) is 8.39. The van der Waals surface area contributed by atoms with Crippen LogP contribution in [-0.4, -0.2) is 40.2 Å². The van der Waals surface area contributed by atoms with Crippen LogP contribution in [0.1, 0.15) is 33.4 Å². The van der Waals surface area contributed by atoms with Gasteiger partial charge in [-0.2, -0.15) is 0 Å². The summed E-state index contributed by atoms with van der Waals surface area (Å²) in [5.41, 5.74) is 1.67. The van der Waals surface area contributed by atoms with Gasteiger partial charge in [0.25, 0.3) is 11.8 Å². The average Bonchev–Trinajstić information content (AvgIpc) is 3.69. The summed E-state index contributed by atoms with van der Waals surface area (Å²) in [7, 11) is 1.55. The molecule has 5 rings (SSSR count). The van der Waals surface area contributed by atoms with Crippen molar-refractivity contribution in [3.05, 3.63) is 88.8 Å². The highest BCUT2D eigenvalue weighted by atomic mass is 32.1. The Balaban J connectivity index is 1.46. The number of nitrogens with one attached hydrogen (secondary N) is 1. The Morgan fingerprint density at radius 1 is 1.14 bits per heavy atom. The van der Waals surface area contributed by atoms with Gasteiger partial charge in [0.1, 0.15) is 11.5 Å². The molecule has 0 aliphatic carbocycles. The van der Waals surface area contributed by atoms with E-state index in [0.717, 1.165) is 22.7 Å². The highest BCUT2D eigenvalue weighted by molar-refractivity contribution is 7.03. The molecule has 2 aromatic carbocycles. The second kappa shape index (κ2) is 10.5. The van der Waals surface area contributed by atoms with E-state index in [4.69, 9.17) is 18.6 Å². The molecule has 3 heterocycles. The summed E-state index contributed by atoms with van der Waals surface area (Å²) in [4.78, 5) is 28.6. The zero-order valence-corrected chi connectivity index (χ0v) is 20.1. The van der Waals surface area contributed by atoms with Crippen molar-refractivity contribution in [3.8, 4) is 17.2 Å². The number of rotatable bonds is 9. The Morgan fingerprint density at radius 2 is 2.00 bits per heavy atom. The number of para-hydroxylation sites is 1. The molecular formula is C25H22N4O6S. The zero-order valence-electron chi connectivity index (χ0n) is 19.2. The molecule has 2 aromatic heterocycles. The minimum absolute atomic E-state index is 0.0726. The standard InChI is InChI=1S/C25H22N4O6S/c1-32-19-6-3-2-5-17(19)13-29(25(31)18-14-36-28-27-18)23(21-7-4-10-33-21)24(30)26-12-16-8-9-20-22(11-16)35-15-34-20/h2-11,14,23H,12-13,15H2,1H3,(H,26,30). The molecule has 1 N–H and O–H groups in total. The Labute approximate surface area is 210 Å². The number of aromatic nitrogens is 2. The highest BCUT2D eigenvalue weighted by Crippen LogP contribution is 2.33. The summed E-state index contributed by atoms with van der Waals surface area (Å²) in [6.07, 6.45) is 1.46. The lowest BCUT2D eigenvalue weighted by molar-refractivity contribution is -0.126. The summed E-state index contributed by atoms with van der Waals surface area (Å²) in [6.45, 7) is 0.446. The fourth-order valence-electron chi connectivity index (χ4n) is 3.91. The first-order valence-electron chi connectivity index (χ1n) is 11.0. The molecule has 36 heavy (non-hydrogen) atoms. The number of carbonyl (C=O) groups is 2. The van der Waals surface area contributed by atoms with E-state index in [9.17, 15) is 9.59 Å². The molecule has 0 saturated heterocycles. The maximum absolute atomic E-state index is 13.6. The van der Waals surface area contributed by atoms with Gasteiger partial charge in [0.2, 0.25) is 6.79 Å². The molecule has 1 aliphatic heterocycles. The number of furan rings is 1. The largest absolute Gasteiger partial charge is 0.496 e. The molecule has 4 aromatic rings. The monoisotopic (exact) mass is 506 g/mol. The normalized spacial score (nSPS) is 12.7. The summed E-state index contributed by atoms with van der Waals surface area (Å²) >= 11 is 1.05. The van der Waals surface area contributed by atoms with E-state index in [2.05, 4.69) is 14.9 Å². The van der Waals surface area contributed by atoms with Crippen LogP contribution >= 0.6 is 11.5 Å². The van der Waals surface area contributed by atoms with Gasteiger partial charge in [-0.05, 0) is 47.4 Å². The molecule has 10 nitrogen and oxygen atoms in total. The molecular weight excluding hydrogens is 484 g/mol. The predicted molar refractivity (Wildman–Crippen MR) is 129 cm³/mol. The van der Waals surface area contributed by atoms with Crippen molar-refractivity contribution in [2.45, 2.75) is 19.1 Å². The number of nitrogens with zero attached hydrogens (tertiary/aromatic N) is 3. The lowest BCUT2D eigenvalue weighted by Crippen LogP contribution is -2.43. The number of methoxy groups -OCH3 is 1. The molecule has 1 unspecified atom stereocenters. The van der Waals surface area contributed by atoms with Crippen molar-refractivity contribution in [2.24, 2.45) is 0 Å². The maximum Gasteiger partial charge on any atom is 0.276 e. The van der Waals surface area contributed by atoms with Gasteiger partial charge in [-0.3, -0.25) is 9.59 Å². The van der Waals surface area contributed by atoms with Gasteiger partial charge in [-0.25, -0.2) is 0 Å². The lowest BCUT2D eigenvalue weighted by Gasteiger charge is -2.29. The Bertz CT molecular complexity index is 1340. The molecule has 0 spiro atoms. The zero-order chi connectivity index (χ0) is 24.9. The maximum atomic E-state index is 13.6. The second-order valence-electron chi connectivity index (χ2n) is 7.86. The fourth-order valence-corrected chi connectivity index (χ4v) is 4.34. The van der Waals surface area contributed by atoms with E-state index in [-0.39, 0.29) is 25.6 Å². The van der Waals surface area contributed by atoms with Crippen LogP contribution in [0.3, 0.4) is 0 Å². The quantitative estimate of drug-likeness (QED) is 0.366. The minimum Gasteiger partial charge on any atom is -0.496 e. The van der Waals surface area contributed by atoms with Crippen molar-refractivity contribution in [1.29, 1.82) is 0 Å². The van der Waals surface area contributed by atoms with Crippen molar-refractivity contribution < 1.29 is 28.2 Å². The lowest BCUT2D eigenvalue weighted by atomic mass is 10.1. The van der Waals surface area contributed by atoms with Gasteiger partial charge in [0.05, 0.1) is 19.9 Å². The third-order valence-electron chi connectivity index (χ3n) is 5.65. The van der Waals surface area contributed by atoms with Crippen molar-refractivity contribution in [1.82, 2.24) is 19.8 Å². The van der Waals surface area contributed by atoms with E-state index < -0.39 is 17.9 Å². The summed E-state index contributed by atoms with van der Waals surface area (Å²) in [5.74, 6) is 1.29. The van der Waals surface area contributed by atoms with E-state index >= 15 is 0 Å². The Kier molecular flexibility index (Phi) is 6.80.